The van der Waals surface area contributed by atoms with Crippen molar-refractivity contribution in [1.29, 1.82) is 0 Å². The van der Waals surface area contributed by atoms with E-state index in [4.69, 9.17) is 9.15 Å². The second-order valence-electron chi connectivity index (χ2n) is 5.39. The van der Waals surface area contributed by atoms with Gasteiger partial charge in [-0.3, -0.25) is 10.1 Å². The van der Waals surface area contributed by atoms with Crippen molar-refractivity contribution in [2.45, 2.75) is 6.92 Å². The highest BCUT2D eigenvalue weighted by atomic mass is 16.5. The van der Waals surface area contributed by atoms with Crippen LogP contribution < -0.4 is 10.7 Å². The number of fused-ring (bicyclic) bond motifs is 1. The molecule has 3 rings (SSSR count). The molecule has 1 aromatic heterocycles. The molecular formula is C18H15NO7. The van der Waals surface area contributed by atoms with Crippen molar-refractivity contribution in [3.05, 3.63) is 46.6 Å². The van der Waals surface area contributed by atoms with Gasteiger partial charge >= 0.3 is 6.09 Å². The number of carbonyl (C=O) groups excluding carboxylic acids is 1. The first kappa shape index (κ1) is 17.2. The first-order valence-corrected chi connectivity index (χ1v) is 7.66. The van der Waals surface area contributed by atoms with Crippen LogP contribution in [0.3, 0.4) is 0 Å². The molecule has 0 aliphatic rings. The van der Waals surface area contributed by atoms with E-state index in [9.17, 15) is 24.9 Å². The van der Waals surface area contributed by atoms with E-state index >= 15 is 0 Å². The number of phenolic OH excluding ortho intramolecular Hbond substituents is 3. The van der Waals surface area contributed by atoms with Gasteiger partial charge in [-0.15, -0.1) is 0 Å². The molecule has 3 aromatic rings. The van der Waals surface area contributed by atoms with Gasteiger partial charge < -0.3 is 24.5 Å². The molecule has 1 heterocycles. The highest BCUT2D eigenvalue weighted by Crippen LogP contribution is 2.34. The van der Waals surface area contributed by atoms with Crippen LogP contribution in [0.2, 0.25) is 0 Å². The van der Waals surface area contributed by atoms with Gasteiger partial charge in [0.2, 0.25) is 0 Å². The van der Waals surface area contributed by atoms with Crippen LogP contribution in [0.15, 0.2) is 45.6 Å². The fourth-order valence-corrected chi connectivity index (χ4v) is 2.44. The Hall–Kier alpha value is -3.68. The van der Waals surface area contributed by atoms with Crippen molar-refractivity contribution in [3.63, 3.8) is 0 Å². The molecule has 0 spiro atoms. The van der Waals surface area contributed by atoms with Crippen LogP contribution in [0.5, 0.6) is 17.2 Å². The molecule has 26 heavy (non-hydrogen) atoms. The largest absolute Gasteiger partial charge is 0.508 e. The zero-order valence-electron chi connectivity index (χ0n) is 13.6. The standard InChI is InChI=1S/C18H15NO7/c1-2-25-18(24)19-12-5-9(20)3-4-10(12)16-7-13(21)11-6-14(22)15(23)8-17(11)26-16/h3-8,20,22-23H,2H2,1H3,(H,19,24). The monoisotopic (exact) mass is 357 g/mol. The third kappa shape index (κ3) is 3.25. The molecular weight excluding hydrogens is 342 g/mol. The Morgan fingerprint density at radius 2 is 1.85 bits per heavy atom. The molecule has 0 aliphatic carbocycles. The van der Waals surface area contributed by atoms with E-state index in [1.165, 1.54) is 24.3 Å². The summed E-state index contributed by atoms with van der Waals surface area (Å²) >= 11 is 0. The van der Waals surface area contributed by atoms with E-state index in [0.717, 1.165) is 12.1 Å². The van der Waals surface area contributed by atoms with Gasteiger partial charge in [0.1, 0.15) is 17.1 Å². The fourth-order valence-electron chi connectivity index (χ4n) is 2.44. The van der Waals surface area contributed by atoms with Gasteiger partial charge in [0.25, 0.3) is 0 Å². The van der Waals surface area contributed by atoms with E-state index in [1.54, 1.807) is 6.92 Å². The molecule has 0 fully saturated rings. The van der Waals surface area contributed by atoms with E-state index < -0.39 is 23.0 Å². The summed E-state index contributed by atoms with van der Waals surface area (Å²) in [6.07, 6.45) is -0.731. The smallest absolute Gasteiger partial charge is 0.411 e. The third-order valence-electron chi connectivity index (χ3n) is 3.61. The van der Waals surface area contributed by atoms with Crippen molar-refractivity contribution in [2.75, 3.05) is 11.9 Å². The zero-order chi connectivity index (χ0) is 18.8. The lowest BCUT2D eigenvalue weighted by molar-refractivity contribution is 0.168. The predicted molar refractivity (Wildman–Crippen MR) is 93.6 cm³/mol. The van der Waals surface area contributed by atoms with Crippen molar-refractivity contribution < 1.29 is 29.3 Å². The molecule has 0 radical (unpaired) electrons. The second-order valence-corrected chi connectivity index (χ2v) is 5.39. The third-order valence-corrected chi connectivity index (χ3v) is 3.61. The number of hydrogen-bond donors (Lipinski definition) is 4. The Kier molecular flexibility index (Phi) is 4.40. The Morgan fingerprint density at radius 3 is 2.58 bits per heavy atom. The molecule has 0 saturated carbocycles. The number of amides is 1. The molecule has 0 atom stereocenters. The summed E-state index contributed by atoms with van der Waals surface area (Å²) in [7, 11) is 0. The SMILES string of the molecule is CCOC(=O)Nc1cc(O)ccc1-c1cc(=O)c2cc(O)c(O)cc2o1. The molecule has 1 amide bonds. The van der Waals surface area contributed by atoms with Gasteiger partial charge in [-0.1, -0.05) is 0 Å². The Labute approximate surface area is 146 Å². The van der Waals surface area contributed by atoms with Gasteiger partial charge in [0, 0.05) is 23.8 Å². The minimum Gasteiger partial charge on any atom is -0.508 e. The Balaban J connectivity index is 2.16. The summed E-state index contributed by atoms with van der Waals surface area (Å²) in [4.78, 5) is 24.0. The minimum atomic E-state index is -0.731. The van der Waals surface area contributed by atoms with Gasteiger partial charge in [-0.05, 0) is 25.1 Å². The summed E-state index contributed by atoms with van der Waals surface area (Å²) in [5.74, 6) is -0.883. The molecule has 0 bridgehead atoms. The molecule has 134 valence electrons. The molecule has 2 aromatic carbocycles. The lowest BCUT2D eigenvalue weighted by atomic mass is 10.1. The van der Waals surface area contributed by atoms with E-state index in [0.29, 0.717) is 5.56 Å². The molecule has 8 heteroatoms. The predicted octanol–water partition coefficient (Wildman–Crippen LogP) is 3.15. The number of phenols is 3. The highest BCUT2D eigenvalue weighted by Gasteiger charge is 2.15. The average molecular weight is 357 g/mol. The van der Waals surface area contributed by atoms with Gasteiger partial charge in [0.15, 0.2) is 16.9 Å². The lowest BCUT2D eigenvalue weighted by Gasteiger charge is -2.11. The van der Waals surface area contributed by atoms with Crippen LogP contribution in [0, 0.1) is 0 Å². The van der Waals surface area contributed by atoms with Gasteiger partial charge in [-0.25, -0.2) is 4.79 Å². The second kappa shape index (κ2) is 6.67. The van der Waals surface area contributed by atoms with Crippen LogP contribution in [-0.2, 0) is 4.74 Å². The van der Waals surface area contributed by atoms with Gasteiger partial charge in [0.05, 0.1) is 17.7 Å². The number of aromatic hydroxyl groups is 3. The summed E-state index contributed by atoms with van der Waals surface area (Å²) in [5, 5.41) is 31.4. The number of rotatable bonds is 3. The van der Waals surface area contributed by atoms with Crippen molar-refractivity contribution >= 4 is 22.7 Å². The number of carbonyl (C=O) groups is 1. The quantitative estimate of drug-likeness (QED) is 0.530. The van der Waals surface area contributed by atoms with Crippen LogP contribution in [0.25, 0.3) is 22.3 Å². The topological polar surface area (TPSA) is 129 Å². The first-order chi connectivity index (χ1) is 12.4. The summed E-state index contributed by atoms with van der Waals surface area (Å²) in [6.45, 7) is 1.81. The summed E-state index contributed by atoms with van der Waals surface area (Å²) in [5.41, 5.74) is 0.0982. The first-order valence-electron chi connectivity index (χ1n) is 7.66. The van der Waals surface area contributed by atoms with Crippen molar-refractivity contribution in [1.82, 2.24) is 0 Å². The summed E-state index contributed by atoms with van der Waals surface area (Å²) in [6, 6.07) is 7.51. The normalized spacial score (nSPS) is 10.7. The molecule has 0 unspecified atom stereocenters. The van der Waals surface area contributed by atoms with Crippen LogP contribution >= 0.6 is 0 Å². The Morgan fingerprint density at radius 1 is 1.12 bits per heavy atom. The van der Waals surface area contributed by atoms with Crippen LogP contribution in [-0.4, -0.2) is 28.0 Å². The number of nitrogens with one attached hydrogen (secondary N) is 1. The molecule has 0 aliphatic heterocycles. The maximum Gasteiger partial charge on any atom is 0.411 e. The molecule has 4 N–H and O–H groups in total. The van der Waals surface area contributed by atoms with Crippen LogP contribution in [0.4, 0.5) is 10.5 Å². The number of hydrogen-bond acceptors (Lipinski definition) is 7. The molecule has 8 nitrogen and oxygen atoms in total. The number of benzene rings is 2. The van der Waals surface area contributed by atoms with E-state index in [1.807, 2.05) is 0 Å². The summed E-state index contributed by atoms with van der Waals surface area (Å²) < 4.78 is 10.5. The zero-order valence-corrected chi connectivity index (χ0v) is 13.6. The lowest BCUT2D eigenvalue weighted by Crippen LogP contribution is -2.14. The van der Waals surface area contributed by atoms with Crippen molar-refractivity contribution in [3.8, 4) is 28.6 Å². The van der Waals surface area contributed by atoms with E-state index in [-0.39, 0.29) is 34.8 Å². The average Bonchev–Trinajstić information content (AvgIpc) is 2.57. The maximum atomic E-state index is 12.3. The molecule has 0 saturated heterocycles. The number of anilines is 1. The Bertz CT molecular complexity index is 1060. The van der Waals surface area contributed by atoms with Crippen molar-refractivity contribution in [2.24, 2.45) is 0 Å². The highest BCUT2D eigenvalue weighted by molar-refractivity contribution is 5.92. The fraction of sp³-hybridized carbons (Fsp3) is 0.111. The maximum absolute atomic E-state index is 12.3. The van der Waals surface area contributed by atoms with E-state index in [2.05, 4.69) is 5.32 Å². The van der Waals surface area contributed by atoms with Gasteiger partial charge in [-0.2, -0.15) is 0 Å². The van der Waals surface area contributed by atoms with Crippen LogP contribution in [0.1, 0.15) is 6.92 Å². The minimum absolute atomic E-state index is 0.0537. The number of ether oxygens (including phenoxy) is 1.